The van der Waals surface area contributed by atoms with Crippen LogP contribution in [0.3, 0.4) is 0 Å². The first kappa shape index (κ1) is 21.7. The zero-order valence-electron chi connectivity index (χ0n) is 17.7. The molecule has 1 aliphatic carbocycles. The maximum atomic E-state index is 14.0. The Bertz CT molecular complexity index is 985. The molecule has 0 amide bonds. The third-order valence-corrected chi connectivity index (χ3v) is 6.90. The molecule has 2 atom stereocenters. The van der Waals surface area contributed by atoms with Crippen molar-refractivity contribution < 1.29 is 27.8 Å². The summed E-state index contributed by atoms with van der Waals surface area (Å²) in [5, 5.41) is 10.1. The Morgan fingerprint density at radius 2 is 2.13 bits per heavy atom. The van der Waals surface area contributed by atoms with Crippen LogP contribution in [0.25, 0.3) is 0 Å². The molecule has 2 aliphatic rings. The number of fused-ring (bicyclic) bond motifs is 2. The highest BCUT2D eigenvalue weighted by Gasteiger charge is 2.51. The highest BCUT2D eigenvalue weighted by molar-refractivity contribution is 5.90. The molecule has 4 rings (SSSR count). The molecular formula is C23H27F3N2O3. The van der Waals surface area contributed by atoms with Crippen LogP contribution >= 0.6 is 0 Å². The minimum absolute atomic E-state index is 0.00112. The second-order valence-corrected chi connectivity index (χ2v) is 8.48. The van der Waals surface area contributed by atoms with Gasteiger partial charge in [0.15, 0.2) is 0 Å². The van der Waals surface area contributed by atoms with Gasteiger partial charge in [0.05, 0.1) is 12.2 Å². The average Bonchev–Trinajstić information content (AvgIpc) is 3.10. The van der Waals surface area contributed by atoms with Crippen molar-refractivity contribution in [1.29, 1.82) is 0 Å². The number of nitrogens with one attached hydrogen (secondary N) is 1. The van der Waals surface area contributed by atoms with E-state index in [4.69, 9.17) is 4.74 Å². The van der Waals surface area contributed by atoms with Gasteiger partial charge in [0.2, 0.25) is 0 Å². The van der Waals surface area contributed by atoms with Gasteiger partial charge < -0.3 is 19.7 Å². The monoisotopic (exact) mass is 436 g/mol. The lowest BCUT2D eigenvalue weighted by atomic mass is 9.58. The van der Waals surface area contributed by atoms with Gasteiger partial charge in [-0.25, -0.2) is 4.79 Å². The molecule has 0 radical (unpaired) electrons. The normalized spacial score (nSPS) is 23.8. The molecule has 5 nitrogen and oxygen atoms in total. The summed E-state index contributed by atoms with van der Waals surface area (Å²) in [4.78, 5) is 17.4. The van der Waals surface area contributed by atoms with Crippen molar-refractivity contribution in [3.8, 4) is 5.75 Å². The van der Waals surface area contributed by atoms with E-state index < -0.39 is 28.8 Å². The summed E-state index contributed by atoms with van der Waals surface area (Å²) in [6, 6.07) is 7.04. The molecule has 0 unspecified atom stereocenters. The molecule has 0 saturated carbocycles. The van der Waals surface area contributed by atoms with Crippen LogP contribution in [0.4, 0.5) is 13.2 Å². The summed E-state index contributed by atoms with van der Waals surface area (Å²) in [6.45, 7) is 5.94. The number of rotatable bonds is 4. The Kier molecular flexibility index (Phi) is 5.54. The zero-order valence-corrected chi connectivity index (χ0v) is 17.7. The summed E-state index contributed by atoms with van der Waals surface area (Å²) in [5.41, 5.74) is -0.249. The SMILES string of the molecule is CCOC(=O)c1[nH]c2c(c1C(F)(F)F)C[C@@H]1CN(CC)CC[C@@]1(c1cccc(O)c1)C2. The maximum Gasteiger partial charge on any atom is 0.419 e. The van der Waals surface area contributed by atoms with Gasteiger partial charge in [0, 0.05) is 17.7 Å². The van der Waals surface area contributed by atoms with Crippen LogP contribution in [0.5, 0.6) is 5.75 Å². The van der Waals surface area contributed by atoms with Crippen LogP contribution in [0.2, 0.25) is 0 Å². The number of hydrogen-bond acceptors (Lipinski definition) is 4. The lowest BCUT2D eigenvalue weighted by Crippen LogP contribution is -2.53. The van der Waals surface area contributed by atoms with Crippen molar-refractivity contribution >= 4 is 5.97 Å². The Labute approximate surface area is 179 Å². The van der Waals surface area contributed by atoms with Gasteiger partial charge >= 0.3 is 12.1 Å². The number of aromatic nitrogens is 1. The Morgan fingerprint density at radius 3 is 2.77 bits per heavy atom. The lowest BCUT2D eigenvalue weighted by molar-refractivity contribution is -0.138. The second-order valence-electron chi connectivity index (χ2n) is 8.48. The number of H-pyrrole nitrogens is 1. The molecule has 31 heavy (non-hydrogen) atoms. The van der Waals surface area contributed by atoms with Crippen molar-refractivity contribution in [3.63, 3.8) is 0 Å². The zero-order chi connectivity index (χ0) is 22.4. The maximum absolute atomic E-state index is 14.0. The summed E-state index contributed by atoms with van der Waals surface area (Å²) in [6.07, 6.45) is -3.32. The van der Waals surface area contributed by atoms with E-state index in [0.717, 1.165) is 25.1 Å². The van der Waals surface area contributed by atoms with E-state index in [1.54, 1.807) is 25.1 Å². The standard InChI is InChI=1S/C23H27F3N2O3/c1-3-28-9-8-22(14-6-5-7-16(29)10-14)12-18-17(11-15(22)13-28)19(23(24,25)26)20(27-18)21(30)31-4-2/h5-7,10,15,27,29H,3-4,8-9,11-13H2,1-2H3/t15-,22+/m1/s1. The quantitative estimate of drug-likeness (QED) is 0.702. The first-order valence-corrected chi connectivity index (χ1v) is 10.7. The first-order chi connectivity index (χ1) is 14.7. The fraction of sp³-hybridized carbons (Fsp3) is 0.522. The van der Waals surface area contributed by atoms with Crippen molar-refractivity contribution in [2.75, 3.05) is 26.2 Å². The summed E-state index contributed by atoms with van der Waals surface area (Å²) >= 11 is 0. The molecule has 1 aromatic carbocycles. The number of benzene rings is 1. The van der Waals surface area contributed by atoms with E-state index in [2.05, 4.69) is 9.88 Å². The number of aromatic hydroxyl groups is 1. The molecule has 168 valence electrons. The molecule has 0 spiro atoms. The van der Waals surface area contributed by atoms with Crippen LogP contribution in [0.1, 0.15) is 53.1 Å². The molecule has 2 N–H and O–H groups in total. The fourth-order valence-corrected chi connectivity index (χ4v) is 5.41. The van der Waals surface area contributed by atoms with Crippen LogP contribution in [-0.4, -0.2) is 47.2 Å². The summed E-state index contributed by atoms with van der Waals surface area (Å²) in [5.74, 6) is -0.903. The number of phenolic OH excluding ortho intramolecular Hbond substituents is 1. The molecule has 1 saturated heterocycles. The minimum atomic E-state index is -4.66. The van der Waals surface area contributed by atoms with Crippen molar-refractivity contribution in [3.05, 3.63) is 52.3 Å². The van der Waals surface area contributed by atoms with Gasteiger partial charge in [-0.3, -0.25) is 0 Å². The van der Waals surface area contributed by atoms with Gasteiger partial charge in [-0.2, -0.15) is 13.2 Å². The van der Waals surface area contributed by atoms with Gasteiger partial charge in [0.1, 0.15) is 11.4 Å². The molecule has 8 heteroatoms. The topological polar surface area (TPSA) is 65.6 Å². The highest BCUT2D eigenvalue weighted by Crippen LogP contribution is 2.51. The smallest absolute Gasteiger partial charge is 0.419 e. The number of likely N-dealkylation sites (tertiary alicyclic amines) is 1. The first-order valence-electron chi connectivity index (χ1n) is 10.7. The van der Waals surface area contributed by atoms with Gasteiger partial charge in [0.25, 0.3) is 0 Å². The molecule has 1 aromatic heterocycles. The molecular weight excluding hydrogens is 409 g/mol. The van der Waals surface area contributed by atoms with E-state index in [0.29, 0.717) is 18.7 Å². The summed E-state index contributed by atoms with van der Waals surface area (Å²) in [7, 11) is 0. The van der Waals surface area contributed by atoms with Gasteiger partial charge in [-0.1, -0.05) is 19.1 Å². The number of alkyl halides is 3. The molecule has 0 bridgehead atoms. The van der Waals surface area contributed by atoms with Gasteiger partial charge in [-0.15, -0.1) is 0 Å². The van der Waals surface area contributed by atoms with E-state index in [1.807, 2.05) is 13.0 Å². The molecule has 1 fully saturated rings. The van der Waals surface area contributed by atoms with Crippen molar-refractivity contribution in [2.45, 2.75) is 44.7 Å². The largest absolute Gasteiger partial charge is 0.508 e. The molecule has 1 aliphatic heterocycles. The molecule has 2 heterocycles. The Balaban J connectivity index is 1.86. The predicted octanol–water partition coefficient (Wildman–Crippen LogP) is 4.29. The number of carbonyl (C=O) groups is 1. The van der Waals surface area contributed by atoms with E-state index in [9.17, 15) is 23.1 Å². The lowest BCUT2D eigenvalue weighted by Gasteiger charge is -2.51. The van der Waals surface area contributed by atoms with Crippen LogP contribution in [0, 0.1) is 5.92 Å². The third-order valence-electron chi connectivity index (χ3n) is 6.90. The summed E-state index contributed by atoms with van der Waals surface area (Å²) < 4.78 is 47.0. The van der Waals surface area contributed by atoms with E-state index >= 15 is 0 Å². The number of ether oxygens (including phenoxy) is 1. The van der Waals surface area contributed by atoms with Crippen LogP contribution in [-0.2, 0) is 29.2 Å². The second kappa shape index (κ2) is 7.89. The van der Waals surface area contributed by atoms with E-state index in [1.165, 1.54) is 0 Å². The minimum Gasteiger partial charge on any atom is -0.508 e. The van der Waals surface area contributed by atoms with Crippen molar-refractivity contribution in [1.82, 2.24) is 9.88 Å². The van der Waals surface area contributed by atoms with E-state index in [-0.39, 0.29) is 30.3 Å². The number of esters is 1. The van der Waals surface area contributed by atoms with Crippen molar-refractivity contribution in [2.24, 2.45) is 5.92 Å². The number of phenols is 1. The molecule has 2 aromatic rings. The number of hydrogen-bond donors (Lipinski definition) is 2. The third kappa shape index (κ3) is 3.71. The number of carbonyl (C=O) groups excluding carboxylic acids is 1. The number of halogens is 3. The Hall–Kier alpha value is -2.48. The number of piperidine rings is 1. The number of aromatic amines is 1. The fourth-order valence-electron chi connectivity index (χ4n) is 5.41. The van der Waals surface area contributed by atoms with Crippen LogP contribution in [0.15, 0.2) is 24.3 Å². The number of nitrogens with zero attached hydrogens (tertiary/aromatic N) is 1. The highest BCUT2D eigenvalue weighted by atomic mass is 19.4. The predicted molar refractivity (Wildman–Crippen MR) is 109 cm³/mol. The van der Waals surface area contributed by atoms with Crippen LogP contribution < -0.4 is 0 Å². The average molecular weight is 436 g/mol. The Morgan fingerprint density at radius 1 is 1.35 bits per heavy atom. The van der Waals surface area contributed by atoms with Gasteiger partial charge in [-0.05, 0) is 68.5 Å².